The van der Waals surface area contributed by atoms with Crippen LogP contribution in [-0.4, -0.2) is 52.6 Å². The van der Waals surface area contributed by atoms with E-state index < -0.39 is 5.54 Å². The SMILES string of the molecule is Cc1cc(CN2CCN(C(=O)C3(N)CC3)CC2)no1.Cl.Cl. The van der Waals surface area contributed by atoms with Gasteiger partial charge in [0.25, 0.3) is 0 Å². The molecule has 0 bridgehead atoms. The van der Waals surface area contributed by atoms with Crippen LogP contribution in [0, 0.1) is 6.92 Å². The van der Waals surface area contributed by atoms with E-state index in [1.165, 1.54) is 0 Å². The van der Waals surface area contributed by atoms with Gasteiger partial charge in [-0.25, -0.2) is 0 Å². The fourth-order valence-electron chi connectivity index (χ4n) is 2.49. The molecule has 1 aromatic heterocycles. The van der Waals surface area contributed by atoms with Crippen LogP contribution in [0.3, 0.4) is 0 Å². The molecule has 1 saturated carbocycles. The summed E-state index contributed by atoms with van der Waals surface area (Å²) >= 11 is 0. The van der Waals surface area contributed by atoms with Crippen LogP contribution in [0.5, 0.6) is 0 Å². The van der Waals surface area contributed by atoms with E-state index in [2.05, 4.69) is 10.1 Å². The summed E-state index contributed by atoms with van der Waals surface area (Å²) in [7, 11) is 0. The first-order valence-electron chi connectivity index (χ1n) is 6.80. The van der Waals surface area contributed by atoms with E-state index >= 15 is 0 Å². The lowest BCUT2D eigenvalue weighted by atomic mass is 10.2. The summed E-state index contributed by atoms with van der Waals surface area (Å²) in [5.41, 5.74) is 6.37. The number of carbonyl (C=O) groups is 1. The summed E-state index contributed by atoms with van der Waals surface area (Å²) in [6.07, 6.45) is 1.68. The van der Waals surface area contributed by atoms with Gasteiger partial charge in [0.1, 0.15) is 5.76 Å². The third kappa shape index (κ3) is 4.10. The fraction of sp³-hybridized carbons (Fsp3) is 0.692. The van der Waals surface area contributed by atoms with Gasteiger partial charge in [-0.3, -0.25) is 9.69 Å². The lowest BCUT2D eigenvalue weighted by Crippen LogP contribution is -2.53. The van der Waals surface area contributed by atoms with Crippen molar-refractivity contribution in [3.63, 3.8) is 0 Å². The molecule has 21 heavy (non-hydrogen) atoms. The quantitative estimate of drug-likeness (QED) is 0.889. The maximum atomic E-state index is 12.1. The Morgan fingerprint density at radius 3 is 2.43 bits per heavy atom. The molecule has 3 rings (SSSR count). The number of rotatable bonds is 3. The number of aryl methyl sites for hydroxylation is 1. The second-order valence-electron chi connectivity index (χ2n) is 5.65. The van der Waals surface area contributed by atoms with Gasteiger partial charge in [0, 0.05) is 38.8 Å². The monoisotopic (exact) mass is 336 g/mol. The van der Waals surface area contributed by atoms with E-state index in [-0.39, 0.29) is 30.7 Å². The van der Waals surface area contributed by atoms with Gasteiger partial charge >= 0.3 is 0 Å². The van der Waals surface area contributed by atoms with E-state index in [0.29, 0.717) is 0 Å². The Kier molecular flexibility index (Phi) is 6.04. The Labute approximate surface area is 136 Å². The molecule has 1 aromatic rings. The molecule has 0 atom stereocenters. The molecule has 0 unspecified atom stereocenters. The Morgan fingerprint density at radius 1 is 1.33 bits per heavy atom. The van der Waals surface area contributed by atoms with Crippen molar-refractivity contribution in [1.82, 2.24) is 15.0 Å². The number of carbonyl (C=O) groups excluding carboxylic acids is 1. The molecule has 1 aliphatic carbocycles. The molecule has 8 heteroatoms. The number of piperazine rings is 1. The Hall–Kier alpha value is -0.820. The maximum Gasteiger partial charge on any atom is 0.242 e. The van der Waals surface area contributed by atoms with Crippen molar-refractivity contribution in [2.24, 2.45) is 5.73 Å². The summed E-state index contributed by atoms with van der Waals surface area (Å²) in [4.78, 5) is 16.3. The normalized spacial score (nSPS) is 20.4. The molecule has 2 N–H and O–H groups in total. The number of hydrogen-bond donors (Lipinski definition) is 1. The highest BCUT2D eigenvalue weighted by Crippen LogP contribution is 2.34. The average Bonchev–Trinajstić information content (AvgIpc) is 3.03. The highest BCUT2D eigenvalue weighted by molar-refractivity contribution is 5.89. The van der Waals surface area contributed by atoms with Gasteiger partial charge in [-0.2, -0.15) is 0 Å². The standard InChI is InChI=1S/C13H20N4O2.2ClH/c1-10-8-11(15-19-10)9-16-4-6-17(7-5-16)12(18)13(14)2-3-13;;/h8H,2-7,9,14H2,1H3;2*1H. The van der Waals surface area contributed by atoms with Crippen molar-refractivity contribution in [1.29, 1.82) is 0 Å². The second kappa shape index (κ2) is 6.96. The average molecular weight is 337 g/mol. The molecule has 2 aliphatic rings. The second-order valence-corrected chi connectivity index (χ2v) is 5.65. The third-order valence-electron chi connectivity index (χ3n) is 3.94. The van der Waals surface area contributed by atoms with Gasteiger partial charge in [0.15, 0.2) is 0 Å². The minimum Gasteiger partial charge on any atom is -0.361 e. The van der Waals surface area contributed by atoms with Gasteiger partial charge in [-0.15, -0.1) is 24.8 Å². The number of nitrogens with two attached hydrogens (primary N) is 1. The molecule has 120 valence electrons. The molecule has 2 heterocycles. The zero-order chi connectivity index (χ0) is 13.5. The van der Waals surface area contributed by atoms with Crippen LogP contribution in [0.25, 0.3) is 0 Å². The number of aromatic nitrogens is 1. The molecular formula is C13H22Cl2N4O2. The van der Waals surface area contributed by atoms with Crippen molar-refractivity contribution < 1.29 is 9.32 Å². The van der Waals surface area contributed by atoms with E-state index in [9.17, 15) is 4.79 Å². The van der Waals surface area contributed by atoms with Crippen LogP contribution >= 0.6 is 24.8 Å². The van der Waals surface area contributed by atoms with Crippen molar-refractivity contribution in [3.05, 3.63) is 17.5 Å². The first-order chi connectivity index (χ1) is 9.07. The Morgan fingerprint density at radius 2 is 1.95 bits per heavy atom. The summed E-state index contributed by atoms with van der Waals surface area (Å²) in [6.45, 7) is 5.93. The van der Waals surface area contributed by atoms with Crippen molar-refractivity contribution in [3.8, 4) is 0 Å². The number of hydrogen-bond acceptors (Lipinski definition) is 5. The van der Waals surface area contributed by atoms with Gasteiger partial charge in [-0.1, -0.05) is 5.16 Å². The number of nitrogens with zero attached hydrogens (tertiary/aromatic N) is 3. The van der Waals surface area contributed by atoms with Gasteiger partial charge in [0.05, 0.1) is 11.2 Å². The van der Waals surface area contributed by atoms with Crippen molar-refractivity contribution in [2.75, 3.05) is 26.2 Å². The fourth-order valence-corrected chi connectivity index (χ4v) is 2.49. The summed E-state index contributed by atoms with van der Waals surface area (Å²) in [5, 5.41) is 4.00. The smallest absolute Gasteiger partial charge is 0.242 e. The first kappa shape index (κ1) is 18.2. The van der Waals surface area contributed by atoms with E-state index in [1.54, 1.807) is 0 Å². The van der Waals surface area contributed by atoms with E-state index in [1.807, 2.05) is 17.9 Å². The Balaban J connectivity index is 0.00000110. The van der Waals surface area contributed by atoms with Crippen LogP contribution < -0.4 is 5.73 Å². The van der Waals surface area contributed by atoms with Crippen LogP contribution in [0.15, 0.2) is 10.6 Å². The van der Waals surface area contributed by atoms with Crippen LogP contribution in [0.4, 0.5) is 0 Å². The van der Waals surface area contributed by atoms with Crippen LogP contribution in [0.1, 0.15) is 24.3 Å². The maximum absolute atomic E-state index is 12.1. The lowest BCUT2D eigenvalue weighted by Gasteiger charge is -2.35. The molecule has 1 saturated heterocycles. The number of amides is 1. The minimum absolute atomic E-state index is 0. The molecule has 1 amide bonds. The third-order valence-corrected chi connectivity index (χ3v) is 3.94. The van der Waals surface area contributed by atoms with Gasteiger partial charge < -0.3 is 15.2 Å². The molecule has 0 aromatic carbocycles. The van der Waals surface area contributed by atoms with Gasteiger partial charge in [0.2, 0.25) is 5.91 Å². The molecule has 6 nitrogen and oxygen atoms in total. The largest absolute Gasteiger partial charge is 0.361 e. The molecule has 1 aliphatic heterocycles. The summed E-state index contributed by atoms with van der Waals surface area (Å²) in [6, 6.07) is 1.95. The zero-order valence-corrected chi connectivity index (χ0v) is 13.7. The van der Waals surface area contributed by atoms with Gasteiger partial charge in [-0.05, 0) is 19.8 Å². The zero-order valence-electron chi connectivity index (χ0n) is 12.1. The lowest BCUT2D eigenvalue weighted by molar-refractivity contribution is -0.135. The van der Waals surface area contributed by atoms with Crippen molar-refractivity contribution >= 4 is 30.7 Å². The predicted octanol–water partition coefficient (Wildman–Crippen LogP) is 0.962. The molecule has 2 fully saturated rings. The Bertz CT molecular complexity index is 482. The molecule has 0 radical (unpaired) electrons. The van der Waals surface area contributed by atoms with Crippen LogP contribution in [-0.2, 0) is 11.3 Å². The minimum atomic E-state index is -0.536. The van der Waals surface area contributed by atoms with E-state index in [0.717, 1.165) is 57.0 Å². The molecule has 0 spiro atoms. The van der Waals surface area contributed by atoms with Crippen LogP contribution in [0.2, 0.25) is 0 Å². The molecular weight excluding hydrogens is 315 g/mol. The van der Waals surface area contributed by atoms with E-state index in [4.69, 9.17) is 10.3 Å². The highest BCUT2D eigenvalue weighted by atomic mass is 35.5. The summed E-state index contributed by atoms with van der Waals surface area (Å²) in [5.74, 6) is 0.965. The first-order valence-corrected chi connectivity index (χ1v) is 6.80. The number of halogens is 2. The predicted molar refractivity (Wildman–Crippen MR) is 83.7 cm³/mol. The van der Waals surface area contributed by atoms with Crippen molar-refractivity contribution in [2.45, 2.75) is 31.8 Å². The summed E-state index contributed by atoms with van der Waals surface area (Å²) < 4.78 is 5.06. The topological polar surface area (TPSA) is 75.6 Å². The highest BCUT2D eigenvalue weighted by Gasteiger charge is 2.48.